The number of amides is 3. The molecule has 25 heavy (non-hydrogen) atoms. The number of carbonyl (C=O) groups is 2. The fraction of sp³-hybridized carbons (Fsp3) is 0.556. The summed E-state index contributed by atoms with van der Waals surface area (Å²) >= 11 is 0. The third-order valence-corrected chi connectivity index (χ3v) is 4.97. The van der Waals surface area contributed by atoms with E-state index >= 15 is 0 Å². The molecule has 0 bridgehead atoms. The number of hydrogen-bond donors (Lipinski definition) is 2. The molecule has 7 heteroatoms. The fourth-order valence-electron chi connectivity index (χ4n) is 3.59. The number of likely N-dealkylation sites (tertiary alicyclic amines) is 1. The Balaban J connectivity index is 1.72. The maximum atomic E-state index is 13.2. The summed E-state index contributed by atoms with van der Waals surface area (Å²) in [6, 6.07) is 5.32. The predicted molar refractivity (Wildman–Crippen MR) is 90.1 cm³/mol. The molecular weight excluding hydrogens is 325 g/mol. The molecule has 0 aliphatic carbocycles. The second-order valence-corrected chi connectivity index (χ2v) is 6.71. The number of urea groups is 1. The standard InChI is InChI=1S/C18H24FN3O3/c19-14-7-5-12(6-8-14)16(15-4-2-10-25-15)21-17(23)13-3-1-9-22(11-13)18(20)24/h5-8,13,15-16H,1-4,9-11H2,(H2,20,24)(H,21,23)/t13-,15-,16-/m0/s1. The highest BCUT2D eigenvalue weighted by molar-refractivity contribution is 5.81. The van der Waals surface area contributed by atoms with Gasteiger partial charge in [0.1, 0.15) is 5.82 Å². The second kappa shape index (κ2) is 7.82. The molecule has 0 spiro atoms. The normalized spacial score (nSPS) is 24.8. The summed E-state index contributed by atoms with van der Waals surface area (Å²) in [4.78, 5) is 25.6. The van der Waals surface area contributed by atoms with Gasteiger partial charge in [-0.25, -0.2) is 9.18 Å². The highest BCUT2D eigenvalue weighted by Crippen LogP contribution is 2.28. The number of carbonyl (C=O) groups excluding carboxylic acids is 2. The minimum atomic E-state index is -0.494. The number of primary amides is 1. The maximum Gasteiger partial charge on any atom is 0.314 e. The van der Waals surface area contributed by atoms with Crippen LogP contribution in [0.15, 0.2) is 24.3 Å². The van der Waals surface area contributed by atoms with Gasteiger partial charge in [0, 0.05) is 19.7 Å². The lowest BCUT2D eigenvalue weighted by Gasteiger charge is -2.33. The molecule has 2 aliphatic heterocycles. The number of piperidine rings is 1. The molecule has 1 aromatic carbocycles. The Labute approximate surface area is 146 Å². The summed E-state index contributed by atoms with van der Waals surface area (Å²) in [6.45, 7) is 1.59. The van der Waals surface area contributed by atoms with E-state index in [0.29, 0.717) is 19.7 Å². The van der Waals surface area contributed by atoms with Crippen LogP contribution in [0.2, 0.25) is 0 Å². The van der Waals surface area contributed by atoms with E-state index < -0.39 is 6.03 Å². The van der Waals surface area contributed by atoms with Gasteiger partial charge in [0.2, 0.25) is 5.91 Å². The van der Waals surface area contributed by atoms with Crippen LogP contribution >= 0.6 is 0 Å². The molecule has 0 aromatic heterocycles. The van der Waals surface area contributed by atoms with Crippen LogP contribution in [0.3, 0.4) is 0 Å². The molecule has 2 aliphatic rings. The van der Waals surface area contributed by atoms with Crippen LogP contribution in [0, 0.1) is 11.7 Å². The van der Waals surface area contributed by atoms with Gasteiger partial charge >= 0.3 is 6.03 Å². The quantitative estimate of drug-likeness (QED) is 0.871. The third kappa shape index (κ3) is 4.28. The van der Waals surface area contributed by atoms with Gasteiger partial charge in [-0.15, -0.1) is 0 Å². The van der Waals surface area contributed by atoms with Crippen molar-refractivity contribution in [3.63, 3.8) is 0 Å². The number of ether oxygens (including phenoxy) is 1. The van der Waals surface area contributed by atoms with Crippen molar-refractivity contribution in [3.05, 3.63) is 35.6 Å². The molecule has 3 amide bonds. The van der Waals surface area contributed by atoms with Crippen LogP contribution in [0.5, 0.6) is 0 Å². The van der Waals surface area contributed by atoms with E-state index in [-0.39, 0.29) is 29.8 Å². The molecule has 136 valence electrons. The van der Waals surface area contributed by atoms with E-state index in [1.54, 1.807) is 12.1 Å². The van der Waals surface area contributed by atoms with Crippen LogP contribution in [-0.2, 0) is 9.53 Å². The predicted octanol–water partition coefficient (Wildman–Crippen LogP) is 1.95. The minimum absolute atomic E-state index is 0.115. The summed E-state index contributed by atoms with van der Waals surface area (Å²) < 4.78 is 19.0. The first-order valence-corrected chi connectivity index (χ1v) is 8.76. The molecule has 0 saturated carbocycles. The average molecular weight is 349 g/mol. The first-order valence-electron chi connectivity index (χ1n) is 8.76. The summed E-state index contributed by atoms with van der Waals surface area (Å²) in [5.41, 5.74) is 6.16. The van der Waals surface area contributed by atoms with Gasteiger partial charge in [-0.05, 0) is 43.4 Å². The van der Waals surface area contributed by atoms with Crippen LogP contribution in [-0.4, -0.2) is 42.6 Å². The van der Waals surface area contributed by atoms with Crippen molar-refractivity contribution in [2.24, 2.45) is 11.7 Å². The maximum absolute atomic E-state index is 13.2. The molecule has 3 atom stereocenters. The summed E-state index contributed by atoms with van der Waals surface area (Å²) in [5.74, 6) is -0.716. The van der Waals surface area contributed by atoms with E-state index in [9.17, 15) is 14.0 Å². The highest BCUT2D eigenvalue weighted by Gasteiger charge is 2.33. The summed E-state index contributed by atoms with van der Waals surface area (Å²) in [6.07, 6.45) is 3.14. The Morgan fingerprint density at radius 1 is 1.24 bits per heavy atom. The lowest BCUT2D eigenvalue weighted by atomic mass is 9.94. The van der Waals surface area contributed by atoms with Crippen LogP contribution in [0.4, 0.5) is 9.18 Å². The number of nitrogens with zero attached hydrogens (tertiary/aromatic N) is 1. The zero-order chi connectivity index (χ0) is 17.8. The second-order valence-electron chi connectivity index (χ2n) is 6.71. The Morgan fingerprint density at radius 2 is 2.00 bits per heavy atom. The Bertz CT molecular complexity index is 616. The number of nitrogens with one attached hydrogen (secondary N) is 1. The SMILES string of the molecule is NC(=O)N1CCC[C@H](C(=O)N[C@@H](c2ccc(F)cc2)[C@@H]2CCCO2)C1. The van der Waals surface area contributed by atoms with Crippen molar-refractivity contribution in [2.45, 2.75) is 37.8 Å². The lowest BCUT2D eigenvalue weighted by molar-refractivity contribution is -0.128. The number of halogens is 1. The molecule has 2 heterocycles. The lowest BCUT2D eigenvalue weighted by Crippen LogP contribution is -2.48. The zero-order valence-electron chi connectivity index (χ0n) is 14.1. The molecule has 1 aromatic rings. The molecule has 3 rings (SSSR count). The van der Waals surface area contributed by atoms with Crippen LogP contribution < -0.4 is 11.1 Å². The fourth-order valence-corrected chi connectivity index (χ4v) is 3.59. The number of benzene rings is 1. The highest BCUT2D eigenvalue weighted by atomic mass is 19.1. The first kappa shape index (κ1) is 17.7. The van der Waals surface area contributed by atoms with Crippen LogP contribution in [0.1, 0.15) is 37.3 Å². The van der Waals surface area contributed by atoms with Crippen molar-refractivity contribution in [3.8, 4) is 0 Å². The molecular formula is C18H24FN3O3. The molecule has 0 radical (unpaired) electrons. The molecule has 0 unspecified atom stereocenters. The van der Waals surface area contributed by atoms with E-state index in [0.717, 1.165) is 31.2 Å². The van der Waals surface area contributed by atoms with Gasteiger partial charge in [0.15, 0.2) is 0 Å². The minimum Gasteiger partial charge on any atom is -0.376 e. The van der Waals surface area contributed by atoms with Gasteiger partial charge in [-0.2, -0.15) is 0 Å². The summed E-state index contributed by atoms with van der Waals surface area (Å²) in [7, 11) is 0. The zero-order valence-corrected chi connectivity index (χ0v) is 14.1. The average Bonchev–Trinajstić information content (AvgIpc) is 3.15. The van der Waals surface area contributed by atoms with E-state index in [4.69, 9.17) is 10.5 Å². The van der Waals surface area contributed by atoms with Crippen molar-refractivity contribution < 1.29 is 18.7 Å². The van der Waals surface area contributed by atoms with Gasteiger partial charge < -0.3 is 20.7 Å². The Hall–Kier alpha value is -2.15. The Kier molecular flexibility index (Phi) is 5.53. The van der Waals surface area contributed by atoms with Gasteiger partial charge in [-0.3, -0.25) is 4.79 Å². The Morgan fingerprint density at radius 3 is 2.64 bits per heavy atom. The van der Waals surface area contributed by atoms with Gasteiger partial charge in [0.05, 0.1) is 18.1 Å². The van der Waals surface area contributed by atoms with Crippen molar-refractivity contribution in [1.82, 2.24) is 10.2 Å². The van der Waals surface area contributed by atoms with Gasteiger partial charge in [-0.1, -0.05) is 12.1 Å². The number of hydrogen-bond acceptors (Lipinski definition) is 3. The smallest absolute Gasteiger partial charge is 0.314 e. The molecule has 2 saturated heterocycles. The van der Waals surface area contributed by atoms with E-state index in [2.05, 4.69) is 5.32 Å². The molecule has 2 fully saturated rings. The first-order chi connectivity index (χ1) is 12.0. The van der Waals surface area contributed by atoms with Crippen molar-refractivity contribution in [2.75, 3.05) is 19.7 Å². The molecule has 3 N–H and O–H groups in total. The number of rotatable bonds is 4. The molecule has 6 nitrogen and oxygen atoms in total. The van der Waals surface area contributed by atoms with Crippen molar-refractivity contribution >= 4 is 11.9 Å². The van der Waals surface area contributed by atoms with E-state index in [1.807, 2.05) is 0 Å². The largest absolute Gasteiger partial charge is 0.376 e. The van der Waals surface area contributed by atoms with Crippen LogP contribution in [0.25, 0.3) is 0 Å². The van der Waals surface area contributed by atoms with Crippen molar-refractivity contribution in [1.29, 1.82) is 0 Å². The summed E-state index contributed by atoms with van der Waals surface area (Å²) in [5, 5.41) is 3.06. The topological polar surface area (TPSA) is 84.7 Å². The third-order valence-electron chi connectivity index (χ3n) is 4.97. The number of nitrogens with two attached hydrogens (primary N) is 1. The monoisotopic (exact) mass is 349 g/mol. The van der Waals surface area contributed by atoms with Gasteiger partial charge in [0.25, 0.3) is 0 Å². The van der Waals surface area contributed by atoms with E-state index in [1.165, 1.54) is 17.0 Å².